The van der Waals surface area contributed by atoms with Crippen molar-refractivity contribution in [1.82, 2.24) is 5.48 Å². The summed E-state index contributed by atoms with van der Waals surface area (Å²) in [6.45, 7) is 0.237. The van der Waals surface area contributed by atoms with E-state index in [1.54, 1.807) is 18.2 Å². The molecule has 0 heterocycles. The molecule has 0 bridgehead atoms. The summed E-state index contributed by atoms with van der Waals surface area (Å²) in [4.78, 5) is 15.0. The Morgan fingerprint density at radius 2 is 2.36 bits per heavy atom. The topological polar surface area (TPSA) is 84.6 Å². The first-order valence-electron chi connectivity index (χ1n) is 4.09. The first-order chi connectivity index (χ1) is 6.68. The molecule has 0 radical (unpaired) electrons. The number of aromatic hydroxyl groups is 1. The molecule has 0 aliphatic rings. The minimum absolute atomic E-state index is 0.168. The van der Waals surface area contributed by atoms with Crippen LogP contribution in [0.2, 0.25) is 0 Å². The van der Waals surface area contributed by atoms with Crippen molar-refractivity contribution < 1.29 is 14.7 Å². The molecule has 1 aromatic rings. The van der Waals surface area contributed by atoms with Crippen LogP contribution in [0.5, 0.6) is 5.75 Å². The highest BCUT2D eigenvalue weighted by Crippen LogP contribution is 2.10. The third-order valence-corrected chi connectivity index (χ3v) is 1.50. The van der Waals surface area contributed by atoms with Gasteiger partial charge >= 0.3 is 0 Å². The fourth-order valence-corrected chi connectivity index (χ4v) is 0.923. The zero-order valence-corrected chi connectivity index (χ0v) is 7.56. The third-order valence-electron chi connectivity index (χ3n) is 1.50. The van der Waals surface area contributed by atoms with E-state index in [1.807, 2.05) is 6.07 Å². The SMILES string of the molecule is NC(=O)CONCc1cccc(O)c1. The number of benzene rings is 1. The summed E-state index contributed by atoms with van der Waals surface area (Å²) in [5, 5.41) is 9.12. The van der Waals surface area contributed by atoms with E-state index < -0.39 is 5.91 Å². The number of amides is 1. The molecule has 76 valence electrons. The van der Waals surface area contributed by atoms with Gasteiger partial charge in [-0.3, -0.25) is 9.63 Å². The molecule has 1 aromatic carbocycles. The fourth-order valence-electron chi connectivity index (χ4n) is 0.923. The maximum Gasteiger partial charge on any atom is 0.245 e. The molecule has 0 saturated heterocycles. The van der Waals surface area contributed by atoms with Gasteiger partial charge in [-0.05, 0) is 17.7 Å². The van der Waals surface area contributed by atoms with Crippen molar-refractivity contribution in [2.45, 2.75) is 6.54 Å². The van der Waals surface area contributed by atoms with Crippen LogP contribution < -0.4 is 11.2 Å². The van der Waals surface area contributed by atoms with E-state index in [1.165, 1.54) is 0 Å². The molecule has 1 amide bonds. The van der Waals surface area contributed by atoms with Crippen molar-refractivity contribution in [3.05, 3.63) is 29.8 Å². The van der Waals surface area contributed by atoms with Crippen LogP contribution in [-0.4, -0.2) is 17.6 Å². The van der Waals surface area contributed by atoms with Crippen molar-refractivity contribution in [2.24, 2.45) is 5.73 Å². The Labute approximate surface area is 81.4 Å². The second kappa shape index (κ2) is 5.21. The lowest BCUT2D eigenvalue weighted by molar-refractivity contribution is -0.125. The van der Waals surface area contributed by atoms with Crippen LogP contribution in [0.15, 0.2) is 24.3 Å². The van der Waals surface area contributed by atoms with Gasteiger partial charge in [0.2, 0.25) is 5.91 Å². The van der Waals surface area contributed by atoms with E-state index in [0.717, 1.165) is 5.56 Å². The quantitative estimate of drug-likeness (QED) is 0.453. The van der Waals surface area contributed by atoms with E-state index >= 15 is 0 Å². The molecule has 0 fully saturated rings. The largest absolute Gasteiger partial charge is 0.508 e. The number of phenolic OH excluding ortho intramolecular Hbond substituents is 1. The van der Waals surface area contributed by atoms with Crippen LogP contribution in [0.1, 0.15) is 5.56 Å². The van der Waals surface area contributed by atoms with Gasteiger partial charge in [-0.15, -0.1) is 0 Å². The second-order valence-corrected chi connectivity index (χ2v) is 2.75. The summed E-state index contributed by atoms with van der Waals surface area (Å²) in [5.74, 6) is -0.340. The zero-order valence-electron chi connectivity index (χ0n) is 7.56. The zero-order chi connectivity index (χ0) is 10.4. The van der Waals surface area contributed by atoms with Gasteiger partial charge in [-0.1, -0.05) is 12.1 Å². The Morgan fingerprint density at radius 1 is 1.57 bits per heavy atom. The number of hydroxylamine groups is 1. The van der Waals surface area contributed by atoms with Gasteiger partial charge in [0, 0.05) is 6.54 Å². The molecular weight excluding hydrogens is 184 g/mol. The molecule has 0 saturated carbocycles. The highest BCUT2D eigenvalue weighted by atomic mass is 16.6. The summed E-state index contributed by atoms with van der Waals surface area (Å²) in [5.41, 5.74) is 8.26. The van der Waals surface area contributed by atoms with E-state index in [4.69, 9.17) is 15.7 Å². The molecule has 1 rings (SSSR count). The summed E-state index contributed by atoms with van der Waals surface area (Å²) in [6, 6.07) is 6.72. The molecule has 5 heteroatoms. The Bertz CT molecular complexity index is 315. The molecule has 0 atom stereocenters. The minimum atomic E-state index is -0.534. The predicted molar refractivity (Wildman–Crippen MR) is 50.1 cm³/mol. The number of hydrogen-bond acceptors (Lipinski definition) is 4. The van der Waals surface area contributed by atoms with Gasteiger partial charge in [0.1, 0.15) is 12.4 Å². The van der Waals surface area contributed by atoms with Crippen molar-refractivity contribution in [3.8, 4) is 5.75 Å². The average Bonchev–Trinajstić information content (AvgIpc) is 2.12. The lowest BCUT2D eigenvalue weighted by Gasteiger charge is -2.04. The Morgan fingerprint density at radius 3 is 3.00 bits per heavy atom. The number of carbonyl (C=O) groups is 1. The number of primary amides is 1. The van der Waals surface area contributed by atoms with E-state index in [2.05, 4.69) is 5.48 Å². The lowest BCUT2D eigenvalue weighted by Crippen LogP contribution is -2.24. The molecule has 4 N–H and O–H groups in total. The highest BCUT2D eigenvalue weighted by molar-refractivity contribution is 5.74. The third kappa shape index (κ3) is 3.88. The number of rotatable bonds is 5. The summed E-state index contributed by atoms with van der Waals surface area (Å²) >= 11 is 0. The first-order valence-corrected chi connectivity index (χ1v) is 4.09. The normalized spacial score (nSPS) is 10.0. The first kappa shape index (κ1) is 10.5. The van der Waals surface area contributed by atoms with Crippen LogP contribution >= 0.6 is 0 Å². The summed E-state index contributed by atoms with van der Waals surface area (Å²) in [6.07, 6.45) is 0. The van der Waals surface area contributed by atoms with Crippen LogP contribution in [0, 0.1) is 0 Å². The van der Waals surface area contributed by atoms with Gasteiger partial charge in [0.05, 0.1) is 0 Å². The molecule has 0 aliphatic heterocycles. The molecule has 14 heavy (non-hydrogen) atoms. The summed E-state index contributed by atoms with van der Waals surface area (Å²) in [7, 11) is 0. The number of carbonyl (C=O) groups excluding carboxylic acids is 1. The Hall–Kier alpha value is -1.59. The fraction of sp³-hybridized carbons (Fsp3) is 0.222. The maximum absolute atomic E-state index is 10.3. The maximum atomic E-state index is 10.3. The van der Waals surface area contributed by atoms with Gasteiger partial charge in [0.25, 0.3) is 0 Å². The predicted octanol–water partition coefficient (Wildman–Crippen LogP) is -0.101. The molecule has 0 aliphatic carbocycles. The van der Waals surface area contributed by atoms with E-state index in [-0.39, 0.29) is 12.4 Å². The average molecular weight is 196 g/mol. The minimum Gasteiger partial charge on any atom is -0.508 e. The molecule has 0 spiro atoms. The van der Waals surface area contributed by atoms with Crippen molar-refractivity contribution in [1.29, 1.82) is 0 Å². The number of nitrogens with one attached hydrogen (secondary N) is 1. The molecule has 0 aromatic heterocycles. The van der Waals surface area contributed by atoms with E-state index in [9.17, 15) is 4.79 Å². The van der Waals surface area contributed by atoms with Crippen LogP contribution in [0.4, 0.5) is 0 Å². The van der Waals surface area contributed by atoms with Gasteiger partial charge in [0.15, 0.2) is 0 Å². The smallest absolute Gasteiger partial charge is 0.245 e. The molecule has 0 unspecified atom stereocenters. The summed E-state index contributed by atoms with van der Waals surface area (Å²) < 4.78 is 0. The van der Waals surface area contributed by atoms with Gasteiger partial charge in [-0.25, -0.2) is 0 Å². The number of hydrogen-bond donors (Lipinski definition) is 3. The van der Waals surface area contributed by atoms with Crippen LogP contribution in [0.25, 0.3) is 0 Å². The van der Waals surface area contributed by atoms with Crippen molar-refractivity contribution in [3.63, 3.8) is 0 Å². The van der Waals surface area contributed by atoms with Crippen molar-refractivity contribution >= 4 is 5.91 Å². The van der Waals surface area contributed by atoms with Crippen molar-refractivity contribution in [2.75, 3.05) is 6.61 Å². The second-order valence-electron chi connectivity index (χ2n) is 2.75. The Kier molecular flexibility index (Phi) is 3.90. The van der Waals surface area contributed by atoms with Crippen LogP contribution in [-0.2, 0) is 16.2 Å². The van der Waals surface area contributed by atoms with Gasteiger partial charge < -0.3 is 10.8 Å². The van der Waals surface area contributed by atoms with E-state index in [0.29, 0.717) is 6.54 Å². The number of nitrogens with two attached hydrogens (primary N) is 1. The Balaban J connectivity index is 2.28. The lowest BCUT2D eigenvalue weighted by atomic mass is 10.2. The monoisotopic (exact) mass is 196 g/mol. The highest BCUT2D eigenvalue weighted by Gasteiger charge is 1.96. The molecule has 5 nitrogen and oxygen atoms in total. The van der Waals surface area contributed by atoms with Gasteiger partial charge in [-0.2, -0.15) is 5.48 Å². The van der Waals surface area contributed by atoms with Crippen LogP contribution in [0.3, 0.4) is 0 Å². The standard InChI is InChI=1S/C9H12N2O3/c10-9(13)6-14-11-5-7-2-1-3-8(12)4-7/h1-4,11-12H,5-6H2,(H2,10,13). The molecular formula is C9H12N2O3. The number of phenols is 1.